The fraction of sp³-hybridized carbons (Fsp3) is 0.372. The number of H-pyrrole nitrogens is 1. The SMILES string of the molecule is N=C(/C=C\c1ncc(-c2cccc(N3CCC(CN4CC(c5ccc6c(c5)C(=O)N(C5CCC(=O)NC5=O)C6=O)C4)CC3)n2)[nH]1)N1CCC[C@@H]1c1cccc(F)c1. The molecule has 3 N–H and O–H groups in total. The maximum atomic E-state index is 13.9. The Morgan fingerprint density at radius 3 is 2.49 bits per heavy atom. The molecule has 5 aliphatic rings. The molecule has 4 fully saturated rings. The van der Waals surface area contributed by atoms with Crippen molar-refractivity contribution >= 4 is 41.4 Å². The third-order valence-corrected chi connectivity index (χ3v) is 12.1. The molecule has 9 rings (SSSR count). The molecule has 7 heterocycles. The number of nitrogens with one attached hydrogen (secondary N) is 3. The number of fused-ring (bicyclic) bond motifs is 1. The Kier molecular flexibility index (Phi) is 9.73. The zero-order chi connectivity index (χ0) is 39.2. The lowest BCUT2D eigenvalue weighted by atomic mass is 9.87. The Morgan fingerprint density at radius 2 is 1.68 bits per heavy atom. The molecule has 0 spiro atoms. The number of anilines is 1. The van der Waals surface area contributed by atoms with E-state index in [1.165, 1.54) is 6.07 Å². The number of benzene rings is 2. The molecule has 0 radical (unpaired) electrons. The van der Waals surface area contributed by atoms with Gasteiger partial charge in [0.1, 0.15) is 29.3 Å². The molecule has 0 bridgehead atoms. The Hall–Kier alpha value is -6.02. The number of amides is 4. The number of imide groups is 2. The molecular formula is C43H44FN9O4. The zero-order valence-corrected chi connectivity index (χ0v) is 31.5. The first-order valence-electron chi connectivity index (χ1n) is 19.8. The molecule has 13 nitrogen and oxygen atoms in total. The number of hydrogen-bond donors (Lipinski definition) is 3. The highest BCUT2D eigenvalue weighted by Gasteiger charge is 2.45. The predicted octanol–water partition coefficient (Wildman–Crippen LogP) is 5.16. The van der Waals surface area contributed by atoms with Gasteiger partial charge in [-0.3, -0.25) is 34.8 Å². The van der Waals surface area contributed by atoms with E-state index in [9.17, 15) is 23.6 Å². The Balaban J connectivity index is 0.754. The molecule has 57 heavy (non-hydrogen) atoms. The number of rotatable bonds is 9. The molecule has 2 aromatic heterocycles. The summed E-state index contributed by atoms with van der Waals surface area (Å²) in [7, 11) is 0. The lowest BCUT2D eigenvalue weighted by Crippen LogP contribution is -2.54. The molecule has 292 valence electrons. The van der Waals surface area contributed by atoms with E-state index in [1.807, 2.05) is 41.3 Å². The van der Waals surface area contributed by atoms with E-state index in [0.717, 1.165) is 98.2 Å². The Labute approximate surface area is 329 Å². The summed E-state index contributed by atoms with van der Waals surface area (Å²) in [6.45, 7) is 5.36. The van der Waals surface area contributed by atoms with Gasteiger partial charge in [0.25, 0.3) is 11.8 Å². The molecule has 2 atom stereocenters. The maximum absolute atomic E-state index is 13.9. The third-order valence-electron chi connectivity index (χ3n) is 12.1. The zero-order valence-electron chi connectivity index (χ0n) is 31.5. The average Bonchev–Trinajstić information content (AvgIpc) is 3.95. The quantitative estimate of drug-likeness (QED) is 0.119. The number of hydrogen-bond acceptors (Lipinski definition) is 9. The van der Waals surface area contributed by atoms with Gasteiger partial charge in [0, 0.05) is 51.6 Å². The summed E-state index contributed by atoms with van der Waals surface area (Å²) in [6.07, 6.45) is 9.50. The van der Waals surface area contributed by atoms with Gasteiger partial charge >= 0.3 is 0 Å². The average molecular weight is 770 g/mol. The summed E-state index contributed by atoms with van der Waals surface area (Å²) in [5, 5.41) is 11.0. The van der Waals surface area contributed by atoms with Gasteiger partial charge in [-0.25, -0.2) is 14.4 Å². The second-order valence-corrected chi connectivity index (χ2v) is 15.8. The number of halogens is 1. The third kappa shape index (κ3) is 7.25. The van der Waals surface area contributed by atoms with E-state index in [1.54, 1.807) is 36.5 Å². The molecule has 1 unspecified atom stereocenters. The number of likely N-dealkylation sites (tertiary alicyclic amines) is 2. The van der Waals surface area contributed by atoms with Crippen LogP contribution in [0.25, 0.3) is 17.5 Å². The first kappa shape index (κ1) is 36.6. The number of carbonyl (C=O) groups is 4. The number of nitrogens with zero attached hydrogens (tertiary/aromatic N) is 6. The summed E-state index contributed by atoms with van der Waals surface area (Å²) in [5.74, 6) is 0.574. The highest BCUT2D eigenvalue weighted by molar-refractivity contribution is 6.23. The minimum Gasteiger partial charge on any atom is -0.357 e. The van der Waals surface area contributed by atoms with Crippen molar-refractivity contribution in [3.63, 3.8) is 0 Å². The number of pyridine rings is 1. The lowest BCUT2D eigenvalue weighted by molar-refractivity contribution is -0.136. The molecule has 2 aromatic carbocycles. The van der Waals surface area contributed by atoms with Crippen molar-refractivity contribution in [3.8, 4) is 11.4 Å². The van der Waals surface area contributed by atoms with Crippen LogP contribution in [0.5, 0.6) is 0 Å². The fourth-order valence-electron chi connectivity index (χ4n) is 9.05. The molecule has 0 saturated carbocycles. The van der Waals surface area contributed by atoms with Crippen LogP contribution in [0, 0.1) is 17.1 Å². The van der Waals surface area contributed by atoms with Crippen molar-refractivity contribution in [2.24, 2.45) is 5.92 Å². The lowest BCUT2D eigenvalue weighted by Gasteiger charge is -2.43. The summed E-state index contributed by atoms with van der Waals surface area (Å²) < 4.78 is 13.9. The van der Waals surface area contributed by atoms with Crippen molar-refractivity contribution in [2.45, 2.75) is 56.5 Å². The van der Waals surface area contributed by atoms with Gasteiger partial charge < -0.3 is 19.7 Å². The van der Waals surface area contributed by atoms with E-state index >= 15 is 0 Å². The minimum atomic E-state index is -0.963. The van der Waals surface area contributed by atoms with Gasteiger partial charge in [0.15, 0.2) is 0 Å². The first-order chi connectivity index (χ1) is 27.7. The van der Waals surface area contributed by atoms with Crippen LogP contribution in [0.1, 0.15) is 88.2 Å². The van der Waals surface area contributed by atoms with Crippen LogP contribution in [0.15, 0.2) is 72.9 Å². The van der Waals surface area contributed by atoms with E-state index in [2.05, 4.69) is 25.1 Å². The fourth-order valence-corrected chi connectivity index (χ4v) is 9.05. The topological polar surface area (TPSA) is 159 Å². The summed E-state index contributed by atoms with van der Waals surface area (Å²) in [5.41, 5.74) is 4.17. The smallest absolute Gasteiger partial charge is 0.262 e. The van der Waals surface area contributed by atoms with Crippen LogP contribution in [-0.2, 0) is 9.59 Å². The van der Waals surface area contributed by atoms with Gasteiger partial charge in [-0.2, -0.15) is 0 Å². The second kappa shape index (κ2) is 15.1. The van der Waals surface area contributed by atoms with Crippen molar-refractivity contribution in [3.05, 3.63) is 107 Å². The van der Waals surface area contributed by atoms with Gasteiger partial charge in [-0.15, -0.1) is 0 Å². The van der Waals surface area contributed by atoms with E-state index < -0.39 is 23.8 Å². The molecule has 0 aliphatic carbocycles. The molecular weight excluding hydrogens is 726 g/mol. The maximum Gasteiger partial charge on any atom is 0.262 e. The Morgan fingerprint density at radius 1 is 0.877 bits per heavy atom. The molecule has 14 heteroatoms. The number of piperidine rings is 2. The Bertz CT molecular complexity index is 2290. The first-order valence-corrected chi connectivity index (χ1v) is 19.8. The van der Waals surface area contributed by atoms with Crippen LogP contribution < -0.4 is 10.2 Å². The van der Waals surface area contributed by atoms with Crippen LogP contribution >= 0.6 is 0 Å². The second-order valence-electron chi connectivity index (χ2n) is 15.8. The number of aromatic amines is 1. The van der Waals surface area contributed by atoms with Crippen molar-refractivity contribution in [2.75, 3.05) is 44.2 Å². The van der Waals surface area contributed by atoms with Crippen molar-refractivity contribution in [1.82, 2.24) is 35.0 Å². The summed E-state index contributed by atoms with van der Waals surface area (Å²) >= 11 is 0. The normalized spacial score (nSPS) is 22.1. The number of carbonyl (C=O) groups excluding carboxylic acids is 4. The highest BCUT2D eigenvalue weighted by atomic mass is 19.1. The predicted molar refractivity (Wildman–Crippen MR) is 211 cm³/mol. The largest absolute Gasteiger partial charge is 0.357 e. The molecule has 4 aromatic rings. The van der Waals surface area contributed by atoms with Gasteiger partial charge in [-0.05, 0) is 97.7 Å². The number of amidine groups is 1. The summed E-state index contributed by atoms with van der Waals surface area (Å²) in [4.78, 5) is 71.1. The monoisotopic (exact) mass is 769 g/mol. The van der Waals surface area contributed by atoms with Gasteiger partial charge in [0.05, 0.1) is 34.8 Å². The molecule has 4 saturated heterocycles. The highest BCUT2D eigenvalue weighted by Crippen LogP contribution is 2.35. The van der Waals surface area contributed by atoms with Crippen LogP contribution in [-0.4, -0.2) is 104 Å². The standard InChI is InChI=1S/C43H44FN9O4/c44-30-5-1-4-28(20-30)35-7-3-17-52(35)37(45)12-13-38-46-22-34(47-38)33-6-2-8-39(48-33)51-18-15-26(16-19-51)23-50-24-29(25-50)27-9-10-31-32(21-27)43(57)53(42(31)56)36-11-14-40(54)49-41(36)55/h1-2,4-6,8-10,12-13,20-22,26,29,35-36,45H,3,7,11,14-19,23-25H2,(H,46,47)(H,49,54,55)/b13-12-,45-37?/t35-,36?/m1/s1. The van der Waals surface area contributed by atoms with E-state index in [4.69, 9.17) is 10.4 Å². The van der Waals surface area contributed by atoms with Crippen LogP contribution in [0.2, 0.25) is 0 Å². The number of aromatic nitrogens is 3. The van der Waals surface area contributed by atoms with Crippen LogP contribution in [0.4, 0.5) is 10.2 Å². The summed E-state index contributed by atoms with van der Waals surface area (Å²) in [6, 6.07) is 17.2. The van der Waals surface area contributed by atoms with E-state index in [0.29, 0.717) is 28.7 Å². The van der Waals surface area contributed by atoms with Gasteiger partial charge in [-0.1, -0.05) is 24.3 Å². The van der Waals surface area contributed by atoms with Crippen molar-refractivity contribution in [1.29, 1.82) is 5.41 Å². The molecule has 4 amide bonds. The van der Waals surface area contributed by atoms with Crippen molar-refractivity contribution < 1.29 is 23.6 Å². The van der Waals surface area contributed by atoms with Crippen LogP contribution in [0.3, 0.4) is 0 Å². The minimum absolute atomic E-state index is 0.0146. The van der Waals surface area contributed by atoms with E-state index in [-0.39, 0.29) is 36.5 Å². The number of imidazole rings is 1. The molecule has 5 aliphatic heterocycles. The van der Waals surface area contributed by atoms with Gasteiger partial charge in [0.2, 0.25) is 11.8 Å².